The van der Waals surface area contributed by atoms with Crippen LogP contribution in [0.25, 0.3) is 0 Å². The van der Waals surface area contributed by atoms with Crippen LogP contribution < -0.4 is 10.2 Å². The molecule has 0 spiro atoms. The molecule has 0 radical (unpaired) electrons. The normalized spacial score (nSPS) is 20.7. The number of carbonyl (C=O) groups excluding carboxylic acids is 1. The molecule has 1 unspecified atom stereocenters. The first-order chi connectivity index (χ1) is 9.91. The molecule has 2 heterocycles. The summed E-state index contributed by atoms with van der Waals surface area (Å²) in [6, 6.07) is 0. The number of ether oxygens (including phenoxy) is 2. The maximum absolute atomic E-state index is 11.5. The number of nitrogens with zero attached hydrogens (tertiary/aromatic N) is 2. The number of rotatable bonds is 6. The van der Waals surface area contributed by atoms with E-state index >= 15 is 0 Å². The topological polar surface area (TPSA) is 63.7 Å². The van der Waals surface area contributed by atoms with Gasteiger partial charge in [0.2, 0.25) is 5.91 Å². The van der Waals surface area contributed by atoms with Gasteiger partial charge >= 0.3 is 0 Å². The van der Waals surface area contributed by atoms with Crippen molar-refractivity contribution in [3.05, 3.63) is 11.1 Å². The third kappa shape index (κ3) is 4.47. The van der Waals surface area contributed by atoms with Crippen LogP contribution in [-0.4, -0.2) is 42.5 Å². The van der Waals surface area contributed by atoms with Crippen LogP contribution in [0, 0.1) is 0 Å². The molecular weight excluding hydrogens is 290 g/mol. The second-order valence-corrected chi connectivity index (χ2v) is 6.30. The van der Waals surface area contributed by atoms with Gasteiger partial charge in [-0.3, -0.25) is 9.69 Å². The Morgan fingerprint density at radius 1 is 1.62 bits per heavy atom. The monoisotopic (exact) mass is 313 g/mol. The number of hydrogen-bond donors (Lipinski definition) is 1. The van der Waals surface area contributed by atoms with Crippen molar-refractivity contribution in [2.24, 2.45) is 0 Å². The van der Waals surface area contributed by atoms with Crippen molar-refractivity contribution in [2.75, 3.05) is 24.6 Å². The first-order valence-electron chi connectivity index (χ1n) is 7.16. The van der Waals surface area contributed by atoms with E-state index in [2.05, 4.69) is 10.3 Å². The fourth-order valence-corrected chi connectivity index (χ4v) is 3.15. The molecule has 1 aromatic heterocycles. The van der Waals surface area contributed by atoms with E-state index in [4.69, 9.17) is 9.47 Å². The minimum absolute atomic E-state index is 0.0186. The lowest BCUT2D eigenvalue weighted by molar-refractivity contribution is -0.137. The van der Waals surface area contributed by atoms with Gasteiger partial charge in [-0.2, -0.15) is 0 Å². The quantitative estimate of drug-likeness (QED) is 0.867. The third-order valence-electron chi connectivity index (χ3n) is 3.21. The summed E-state index contributed by atoms with van der Waals surface area (Å²) in [7, 11) is 0. The maximum Gasteiger partial charge on any atom is 0.225 e. The molecular formula is C14H23N3O3S. The summed E-state index contributed by atoms with van der Waals surface area (Å²) in [6.45, 7) is 9.96. The van der Waals surface area contributed by atoms with E-state index in [-0.39, 0.29) is 12.0 Å². The minimum Gasteiger partial charge on any atom is -0.348 e. The Morgan fingerprint density at radius 2 is 2.38 bits per heavy atom. The summed E-state index contributed by atoms with van der Waals surface area (Å²) in [5, 5.41) is 6.05. The van der Waals surface area contributed by atoms with Crippen LogP contribution in [0.4, 0.5) is 5.13 Å². The Hall–Kier alpha value is -1.02. The number of aromatic nitrogens is 1. The van der Waals surface area contributed by atoms with Gasteiger partial charge in [0, 0.05) is 31.9 Å². The average Bonchev–Trinajstić information content (AvgIpc) is 2.97. The standard InChI is InChI=1S/C14H23N3O3S/c1-5-17(10(2)18)13-16-11(9-21-13)6-15-7-12-8-19-14(3,4)20-12/h9,12,15H,5-8H2,1-4H3. The molecule has 1 aromatic rings. The Labute approximate surface area is 129 Å². The van der Waals surface area contributed by atoms with Crippen molar-refractivity contribution in [2.45, 2.75) is 46.1 Å². The number of anilines is 1. The molecule has 6 nitrogen and oxygen atoms in total. The zero-order valence-electron chi connectivity index (χ0n) is 13.0. The third-order valence-corrected chi connectivity index (χ3v) is 4.12. The molecule has 0 saturated carbocycles. The number of amides is 1. The molecule has 7 heteroatoms. The van der Waals surface area contributed by atoms with Gasteiger partial charge in [0.1, 0.15) is 0 Å². The SMILES string of the molecule is CCN(C(C)=O)c1nc(CNCC2COC(C)(C)O2)cs1. The van der Waals surface area contributed by atoms with Gasteiger partial charge < -0.3 is 14.8 Å². The predicted octanol–water partition coefficient (Wildman–Crippen LogP) is 1.76. The summed E-state index contributed by atoms with van der Waals surface area (Å²) in [5.41, 5.74) is 0.938. The summed E-state index contributed by atoms with van der Waals surface area (Å²) in [4.78, 5) is 17.6. The van der Waals surface area contributed by atoms with Gasteiger partial charge in [0.15, 0.2) is 10.9 Å². The second kappa shape index (κ2) is 6.83. The highest BCUT2D eigenvalue weighted by molar-refractivity contribution is 7.14. The zero-order chi connectivity index (χ0) is 15.5. The molecule has 1 amide bonds. The van der Waals surface area contributed by atoms with E-state index in [1.54, 1.807) is 11.8 Å². The molecule has 118 valence electrons. The summed E-state index contributed by atoms with van der Waals surface area (Å²) < 4.78 is 11.2. The molecule has 0 bridgehead atoms. The molecule has 2 rings (SSSR count). The van der Waals surface area contributed by atoms with Crippen molar-refractivity contribution < 1.29 is 14.3 Å². The molecule has 1 saturated heterocycles. The van der Waals surface area contributed by atoms with Crippen LogP contribution in [0.15, 0.2) is 5.38 Å². The van der Waals surface area contributed by atoms with Crippen molar-refractivity contribution in [3.8, 4) is 0 Å². The number of nitrogens with one attached hydrogen (secondary N) is 1. The molecule has 0 aliphatic carbocycles. The lowest BCUT2D eigenvalue weighted by Gasteiger charge is -2.17. The van der Waals surface area contributed by atoms with Gasteiger partial charge in [-0.05, 0) is 20.8 Å². The zero-order valence-corrected chi connectivity index (χ0v) is 13.8. The van der Waals surface area contributed by atoms with Crippen LogP contribution >= 0.6 is 11.3 Å². The summed E-state index contributed by atoms with van der Waals surface area (Å²) >= 11 is 1.49. The highest BCUT2D eigenvalue weighted by atomic mass is 32.1. The van der Waals surface area contributed by atoms with Crippen LogP contribution in [0.2, 0.25) is 0 Å². The molecule has 1 aliphatic rings. The Balaban J connectivity index is 1.79. The highest BCUT2D eigenvalue weighted by Crippen LogP contribution is 2.22. The lowest BCUT2D eigenvalue weighted by atomic mass is 10.3. The Kier molecular flexibility index (Phi) is 5.32. The van der Waals surface area contributed by atoms with Crippen molar-refractivity contribution in [1.82, 2.24) is 10.3 Å². The van der Waals surface area contributed by atoms with E-state index in [1.807, 2.05) is 26.2 Å². The first kappa shape index (κ1) is 16.4. The molecule has 0 aromatic carbocycles. The van der Waals surface area contributed by atoms with E-state index in [1.165, 1.54) is 11.3 Å². The van der Waals surface area contributed by atoms with Gasteiger partial charge in [-0.25, -0.2) is 4.98 Å². The fourth-order valence-electron chi connectivity index (χ4n) is 2.22. The maximum atomic E-state index is 11.5. The minimum atomic E-state index is -0.483. The second-order valence-electron chi connectivity index (χ2n) is 5.47. The van der Waals surface area contributed by atoms with Crippen LogP contribution in [0.3, 0.4) is 0 Å². The summed E-state index contributed by atoms with van der Waals surface area (Å²) in [5.74, 6) is -0.464. The number of carbonyl (C=O) groups is 1. The van der Waals surface area contributed by atoms with Gasteiger partial charge in [0.25, 0.3) is 0 Å². The smallest absolute Gasteiger partial charge is 0.225 e. The van der Waals surface area contributed by atoms with Crippen molar-refractivity contribution in [3.63, 3.8) is 0 Å². The summed E-state index contributed by atoms with van der Waals surface area (Å²) in [6.07, 6.45) is 0.0717. The van der Waals surface area contributed by atoms with Gasteiger partial charge in [-0.1, -0.05) is 0 Å². The largest absolute Gasteiger partial charge is 0.348 e. The van der Waals surface area contributed by atoms with Crippen molar-refractivity contribution >= 4 is 22.4 Å². The average molecular weight is 313 g/mol. The first-order valence-corrected chi connectivity index (χ1v) is 8.04. The molecule has 1 aliphatic heterocycles. The fraction of sp³-hybridized carbons (Fsp3) is 0.714. The van der Waals surface area contributed by atoms with Gasteiger partial charge in [0.05, 0.1) is 18.4 Å². The van der Waals surface area contributed by atoms with E-state index in [9.17, 15) is 4.79 Å². The lowest BCUT2D eigenvalue weighted by Crippen LogP contribution is -2.30. The number of thiazole rings is 1. The Bertz CT molecular complexity index is 490. The molecule has 21 heavy (non-hydrogen) atoms. The predicted molar refractivity (Wildman–Crippen MR) is 82.4 cm³/mol. The van der Waals surface area contributed by atoms with E-state index in [0.717, 1.165) is 17.4 Å². The van der Waals surface area contributed by atoms with Crippen LogP contribution in [0.5, 0.6) is 0 Å². The van der Waals surface area contributed by atoms with E-state index < -0.39 is 5.79 Å². The molecule has 1 N–H and O–H groups in total. The molecule has 1 atom stereocenters. The van der Waals surface area contributed by atoms with Crippen molar-refractivity contribution in [1.29, 1.82) is 0 Å². The van der Waals surface area contributed by atoms with Gasteiger partial charge in [-0.15, -0.1) is 11.3 Å². The van der Waals surface area contributed by atoms with Crippen LogP contribution in [0.1, 0.15) is 33.4 Å². The van der Waals surface area contributed by atoms with Crippen LogP contribution in [-0.2, 0) is 20.8 Å². The number of hydrogen-bond acceptors (Lipinski definition) is 6. The molecule has 1 fully saturated rings. The van der Waals surface area contributed by atoms with E-state index in [0.29, 0.717) is 19.7 Å². The Morgan fingerprint density at radius 3 is 2.95 bits per heavy atom. The highest BCUT2D eigenvalue weighted by Gasteiger charge is 2.32.